The van der Waals surface area contributed by atoms with Crippen molar-refractivity contribution >= 4 is 22.8 Å². The molecule has 2 bridgehead atoms. The van der Waals surface area contributed by atoms with E-state index in [-0.39, 0.29) is 29.7 Å². The Kier molecular flexibility index (Phi) is 5.33. The molecule has 1 N–H and O–H groups in total. The summed E-state index contributed by atoms with van der Waals surface area (Å²) in [7, 11) is 0. The molecule has 2 saturated heterocycles. The minimum atomic E-state index is -0.355. The van der Waals surface area contributed by atoms with E-state index in [1.165, 1.54) is 16.9 Å². The van der Waals surface area contributed by atoms with Gasteiger partial charge in [-0.3, -0.25) is 9.78 Å². The highest BCUT2D eigenvalue weighted by molar-refractivity contribution is 5.98. The highest BCUT2D eigenvalue weighted by Crippen LogP contribution is 2.47. The zero-order chi connectivity index (χ0) is 24.8. The third-order valence-corrected chi connectivity index (χ3v) is 7.47. The Hall–Kier alpha value is -4.39. The topological polar surface area (TPSA) is 113 Å². The molecule has 4 heterocycles. The molecule has 1 amide bonds. The first-order chi connectivity index (χ1) is 17.5. The van der Waals surface area contributed by atoms with Crippen molar-refractivity contribution in [2.24, 2.45) is 11.8 Å². The zero-order valence-electron chi connectivity index (χ0n) is 19.5. The van der Waals surface area contributed by atoms with Crippen LogP contribution in [0.15, 0.2) is 55.0 Å². The second-order valence-electron chi connectivity index (χ2n) is 9.46. The Labute approximate surface area is 206 Å². The molecule has 2 unspecified atom stereocenters. The molecule has 10 heteroatoms. The first kappa shape index (κ1) is 22.1. The molecule has 3 fully saturated rings. The van der Waals surface area contributed by atoms with E-state index < -0.39 is 0 Å². The number of nitriles is 1. The Morgan fingerprint density at radius 1 is 1.17 bits per heavy atom. The fraction of sp³-hybridized carbons (Fsp3) is 0.308. The molecule has 36 heavy (non-hydrogen) atoms. The van der Waals surface area contributed by atoms with Gasteiger partial charge in [-0.05, 0) is 55.0 Å². The monoisotopic (exact) mass is 482 g/mol. The molecule has 9 nitrogen and oxygen atoms in total. The maximum absolute atomic E-state index is 14.0. The number of amides is 1. The summed E-state index contributed by atoms with van der Waals surface area (Å²) in [6.45, 7) is 2.68. The van der Waals surface area contributed by atoms with E-state index in [0.29, 0.717) is 46.1 Å². The van der Waals surface area contributed by atoms with Gasteiger partial charge < -0.3 is 10.2 Å². The first-order valence-electron chi connectivity index (χ1n) is 11.9. The van der Waals surface area contributed by atoms with Crippen LogP contribution in [-0.2, 0) is 0 Å². The Morgan fingerprint density at radius 3 is 2.75 bits per heavy atom. The van der Waals surface area contributed by atoms with Crippen molar-refractivity contribution in [2.45, 2.75) is 31.8 Å². The summed E-state index contributed by atoms with van der Waals surface area (Å²) in [6.07, 6.45) is 6.63. The fourth-order valence-electron chi connectivity index (χ4n) is 5.43. The van der Waals surface area contributed by atoms with Crippen LogP contribution in [0.25, 0.3) is 16.7 Å². The number of halogens is 1. The van der Waals surface area contributed by atoms with Crippen LogP contribution >= 0.6 is 0 Å². The maximum atomic E-state index is 14.0. The van der Waals surface area contributed by atoms with Crippen LogP contribution in [-0.4, -0.2) is 54.4 Å². The molecule has 2 atom stereocenters. The fourth-order valence-corrected chi connectivity index (χ4v) is 5.43. The van der Waals surface area contributed by atoms with Crippen molar-refractivity contribution in [3.05, 3.63) is 71.9 Å². The number of piperidine rings is 2. The van der Waals surface area contributed by atoms with Crippen molar-refractivity contribution in [1.82, 2.24) is 29.9 Å². The predicted molar refractivity (Wildman–Crippen MR) is 130 cm³/mol. The Balaban J connectivity index is 1.30. The van der Waals surface area contributed by atoms with Gasteiger partial charge in [0.05, 0.1) is 58.5 Å². The number of hydrogen-bond acceptors (Lipinski definition) is 7. The van der Waals surface area contributed by atoms with Gasteiger partial charge in [0.15, 0.2) is 0 Å². The molecule has 7 rings (SSSR count). The highest BCUT2D eigenvalue weighted by atomic mass is 19.1. The Bertz CT molecular complexity index is 1490. The second-order valence-corrected chi connectivity index (χ2v) is 9.46. The second kappa shape index (κ2) is 8.68. The molecular weight excluding hydrogens is 459 g/mol. The molecule has 1 aliphatic carbocycles. The molecular formula is C26H23FN8O. The number of benzene rings is 2. The molecule has 1 saturated carbocycles. The van der Waals surface area contributed by atoms with Gasteiger partial charge in [0.25, 0.3) is 5.91 Å². The number of carbonyl (C=O) groups is 1. The minimum Gasteiger partial charge on any atom is -0.367 e. The lowest BCUT2D eigenvalue weighted by molar-refractivity contribution is -0.0502. The molecule has 0 radical (unpaired) electrons. The number of hydrogen-bond donors (Lipinski definition) is 1. The van der Waals surface area contributed by atoms with Gasteiger partial charge in [-0.25, -0.2) is 9.37 Å². The van der Waals surface area contributed by atoms with E-state index in [2.05, 4.69) is 38.5 Å². The van der Waals surface area contributed by atoms with Crippen molar-refractivity contribution in [2.75, 3.05) is 11.9 Å². The number of nitrogens with zero attached hydrogens (tertiary/aromatic N) is 7. The van der Waals surface area contributed by atoms with Crippen molar-refractivity contribution in [3.63, 3.8) is 0 Å². The molecule has 0 spiro atoms. The van der Waals surface area contributed by atoms with Crippen LogP contribution in [0.3, 0.4) is 0 Å². The van der Waals surface area contributed by atoms with Gasteiger partial charge in [0.2, 0.25) is 0 Å². The Morgan fingerprint density at radius 2 is 1.97 bits per heavy atom. The minimum absolute atomic E-state index is 0.0788. The van der Waals surface area contributed by atoms with Gasteiger partial charge in [0, 0.05) is 18.7 Å². The molecule has 3 aliphatic rings. The van der Waals surface area contributed by atoms with Gasteiger partial charge >= 0.3 is 0 Å². The van der Waals surface area contributed by atoms with Crippen molar-refractivity contribution < 1.29 is 9.18 Å². The summed E-state index contributed by atoms with van der Waals surface area (Å²) in [5.74, 6) is 0.919. The largest absolute Gasteiger partial charge is 0.367 e. The van der Waals surface area contributed by atoms with E-state index in [1.54, 1.807) is 42.9 Å². The summed E-state index contributed by atoms with van der Waals surface area (Å²) in [6, 6.07) is 11.5. The van der Waals surface area contributed by atoms with E-state index in [0.717, 1.165) is 12.8 Å². The summed E-state index contributed by atoms with van der Waals surface area (Å²) < 4.78 is 13.5. The highest BCUT2D eigenvalue weighted by Gasteiger charge is 2.50. The SMILES string of the molecule is CC1C2CC(C2)N(C(=O)c2cc(C#N)ccc2-n2nccn2)C1CNc1cnc2cc(F)ccc2n1. The number of carbonyl (C=O) groups excluding carboxylic acids is 1. The number of aromatic nitrogens is 5. The molecule has 4 aromatic rings. The normalized spacial score (nSPS) is 22.6. The summed E-state index contributed by atoms with van der Waals surface area (Å²) in [5.41, 5.74) is 2.43. The average Bonchev–Trinajstić information content (AvgIpc) is 3.41. The van der Waals surface area contributed by atoms with Crippen molar-refractivity contribution in [3.8, 4) is 11.8 Å². The zero-order valence-corrected chi connectivity index (χ0v) is 19.5. The van der Waals surface area contributed by atoms with Gasteiger partial charge in [-0.15, -0.1) is 0 Å². The lowest BCUT2D eigenvalue weighted by Gasteiger charge is -2.57. The van der Waals surface area contributed by atoms with E-state index in [9.17, 15) is 14.4 Å². The van der Waals surface area contributed by atoms with Crippen LogP contribution in [0.4, 0.5) is 10.2 Å². The lowest BCUT2D eigenvalue weighted by Crippen LogP contribution is -2.64. The maximum Gasteiger partial charge on any atom is 0.256 e. The van der Waals surface area contributed by atoms with Crippen LogP contribution in [0.5, 0.6) is 0 Å². The lowest BCUT2D eigenvalue weighted by atomic mass is 9.64. The van der Waals surface area contributed by atoms with Crippen LogP contribution in [0.2, 0.25) is 0 Å². The first-order valence-corrected chi connectivity index (χ1v) is 11.9. The standard InChI is InChI=1S/C26H23FN8O/c1-15-17-9-19(10-17)34(24(15)13-30-25-14-29-22-11-18(27)3-4-21(22)33-25)26(36)20-8-16(12-28)2-5-23(20)35-31-6-7-32-35/h2-8,11,14-15,17,19,24H,9-10,13H2,1H3,(H,30,33). The predicted octanol–water partition coefficient (Wildman–Crippen LogP) is 3.57. The number of rotatable bonds is 5. The molecule has 2 aliphatic heterocycles. The van der Waals surface area contributed by atoms with Crippen LogP contribution in [0.1, 0.15) is 35.7 Å². The van der Waals surface area contributed by atoms with E-state index in [1.807, 2.05) is 4.90 Å². The van der Waals surface area contributed by atoms with Crippen LogP contribution < -0.4 is 5.32 Å². The third kappa shape index (κ3) is 3.73. The third-order valence-electron chi connectivity index (χ3n) is 7.47. The summed E-state index contributed by atoms with van der Waals surface area (Å²) in [5, 5.41) is 21.2. The number of fused-ring (bicyclic) bond motifs is 3. The average molecular weight is 483 g/mol. The smallest absolute Gasteiger partial charge is 0.256 e. The van der Waals surface area contributed by atoms with E-state index in [4.69, 9.17) is 0 Å². The molecule has 2 aromatic carbocycles. The number of anilines is 1. The van der Waals surface area contributed by atoms with Gasteiger partial charge in [0.1, 0.15) is 11.6 Å². The summed E-state index contributed by atoms with van der Waals surface area (Å²) in [4.78, 5) is 26.3. The summed E-state index contributed by atoms with van der Waals surface area (Å²) >= 11 is 0. The van der Waals surface area contributed by atoms with Crippen LogP contribution in [0, 0.1) is 29.0 Å². The molecule has 180 valence electrons. The molecule has 2 aromatic heterocycles. The van der Waals surface area contributed by atoms with Gasteiger partial charge in [-0.2, -0.15) is 20.3 Å². The van der Waals surface area contributed by atoms with Gasteiger partial charge in [-0.1, -0.05) is 6.92 Å². The van der Waals surface area contributed by atoms with Crippen molar-refractivity contribution in [1.29, 1.82) is 5.26 Å². The number of nitrogens with one attached hydrogen (secondary N) is 1. The quantitative estimate of drug-likeness (QED) is 0.463. The van der Waals surface area contributed by atoms with E-state index >= 15 is 0 Å².